The number of alkyl carbamates (subject to hydrolysis) is 1. The van der Waals surface area contributed by atoms with Crippen molar-refractivity contribution in [2.75, 3.05) is 18.2 Å². The number of nitrogens with one attached hydrogen (secondary N) is 1. The molecule has 0 aromatic carbocycles. The molecule has 2 amide bonds. The minimum absolute atomic E-state index is 0.395. The summed E-state index contributed by atoms with van der Waals surface area (Å²) in [5.74, 6) is 0.967. The number of hydrogen-bond acceptors (Lipinski definition) is 6. The topological polar surface area (TPSA) is 91.8 Å². The third-order valence-electron chi connectivity index (χ3n) is 3.35. The SMILES string of the molecule is CC(C)(C)NC(=O)OC(C(=O)N1CCSC1)C(O)c1ccncc1. The van der Waals surface area contributed by atoms with E-state index in [2.05, 4.69) is 10.3 Å². The zero-order valence-electron chi connectivity index (χ0n) is 14.1. The minimum atomic E-state index is -1.30. The van der Waals surface area contributed by atoms with Crippen LogP contribution in [-0.2, 0) is 9.53 Å². The Balaban J connectivity index is 2.17. The number of thioether (sulfide) groups is 1. The van der Waals surface area contributed by atoms with E-state index in [1.165, 1.54) is 12.4 Å². The molecule has 1 fully saturated rings. The number of carbonyl (C=O) groups excluding carboxylic acids is 2. The van der Waals surface area contributed by atoms with E-state index < -0.39 is 29.7 Å². The first-order valence-corrected chi connectivity index (χ1v) is 8.87. The van der Waals surface area contributed by atoms with Crippen molar-refractivity contribution in [3.8, 4) is 0 Å². The van der Waals surface area contributed by atoms with Crippen LogP contribution in [0.1, 0.15) is 32.4 Å². The summed E-state index contributed by atoms with van der Waals surface area (Å²) in [6, 6.07) is 3.18. The van der Waals surface area contributed by atoms with Gasteiger partial charge in [0, 0.05) is 30.2 Å². The molecule has 1 aromatic heterocycles. The van der Waals surface area contributed by atoms with Crippen molar-refractivity contribution < 1.29 is 19.4 Å². The van der Waals surface area contributed by atoms with Crippen molar-refractivity contribution in [2.45, 2.75) is 38.5 Å². The molecule has 0 spiro atoms. The van der Waals surface area contributed by atoms with Gasteiger partial charge in [0.25, 0.3) is 5.91 Å². The molecule has 8 heteroatoms. The van der Waals surface area contributed by atoms with Crippen LogP contribution in [0.5, 0.6) is 0 Å². The molecule has 2 unspecified atom stereocenters. The normalized spacial score (nSPS) is 17.2. The number of rotatable bonds is 4. The highest BCUT2D eigenvalue weighted by Gasteiger charge is 2.36. The van der Waals surface area contributed by atoms with Gasteiger partial charge in [0.2, 0.25) is 6.10 Å². The second-order valence-electron chi connectivity index (χ2n) is 6.57. The van der Waals surface area contributed by atoms with Crippen molar-refractivity contribution in [1.82, 2.24) is 15.2 Å². The number of amides is 2. The van der Waals surface area contributed by atoms with Gasteiger partial charge in [0.05, 0.1) is 5.88 Å². The largest absolute Gasteiger partial charge is 0.433 e. The maximum Gasteiger partial charge on any atom is 0.408 e. The standard InChI is InChI=1S/C16H23N3O4S/c1-16(2,3)18-15(22)23-13(14(21)19-8-9-24-10-19)12(20)11-4-6-17-7-5-11/h4-7,12-13,20H,8-10H2,1-3H3,(H,18,22). The van der Waals surface area contributed by atoms with Gasteiger partial charge in [-0.15, -0.1) is 11.8 Å². The van der Waals surface area contributed by atoms with Gasteiger partial charge in [0.15, 0.2) is 0 Å². The lowest BCUT2D eigenvalue weighted by atomic mass is 10.0. The first-order chi connectivity index (χ1) is 11.3. The molecule has 1 aromatic rings. The van der Waals surface area contributed by atoms with Crippen LogP contribution in [-0.4, -0.2) is 56.8 Å². The summed E-state index contributed by atoms with van der Waals surface area (Å²) >= 11 is 1.62. The maximum atomic E-state index is 12.7. The van der Waals surface area contributed by atoms with Crippen molar-refractivity contribution in [1.29, 1.82) is 0 Å². The van der Waals surface area contributed by atoms with Gasteiger partial charge in [-0.25, -0.2) is 4.79 Å². The number of carbonyl (C=O) groups is 2. The van der Waals surface area contributed by atoms with E-state index in [-0.39, 0.29) is 0 Å². The van der Waals surface area contributed by atoms with E-state index in [0.29, 0.717) is 18.0 Å². The van der Waals surface area contributed by atoms with Crippen LogP contribution in [0.4, 0.5) is 4.79 Å². The second-order valence-corrected chi connectivity index (χ2v) is 7.64. The van der Waals surface area contributed by atoms with Crippen molar-refractivity contribution in [3.63, 3.8) is 0 Å². The predicted molar refractivity (Wildman–Crippen MR) is 91.4 cm³/mol. The van der Waals surface area contributed by atoms with Crippen molar-refractivity contribution in [3.05, 3.63) is 30.1 Å². The molecular formula is C16H23N3O4S. The first kappa shape index (κ1) is 18.5. The highest BCUT2D eigenvalue weighted by molar-refractivity contribution is 7.99. The minimum Gasteiger partial charge on any atom is -0.433 e. The lowest BCUT2D eigenvalue weighted by Gasteiger charge is -2.28. The fraction of sp³-hybridized carbons (Fsp3) is 0.562. The fourth-order valence-corrected chi connectivity index (χ4v) is 3.16. The average molecular weight is 353 g/mol. The molecule has 0 bridgehead atoms. The van der Waals surface area contributed by atoms with E-state index in [9.17, 15) is 14.7 Å². The van der Waals surface area contributed by atoms with Crippen molar-refractivity contribution in [2.24, 2.45) is 0 Å². The van der Waals surface area contributed by atoms with E-state index >= 15 is 0 Å². The highest BCUT2D eigenvalue weighted by Crippen LogP contribution is 2.24. The monoisotopic (exact) mass is 353 g/mol. The average Bonchev–Trinajstić information content (AvgIpc) is 3.05. The number of aromatic nitrogens is 1. The third kappa shape index (κ3) is 5.10. The fourth-order valence-electron chi connectivity index (χ4n) is 2.20. The summed E-state index contributed by atoms with van der Waals surface area (Å²) in [4.78, 5) is 30.3. The van der Waals surface area contributed by atoms with Crippen LogP contribution in [0.15, 0.2) is 24.5 Å². The zero-order valence-corrected chi connectivity index (χ0v) is 14.9. The maximum absolute atomic E-state index is 12.7. The summed E-state index contributed by atoms with van der Waals surface area (Å²) in [6.45, 7) is 6.00. The molecule has 0 saturated carbocycles. The van der Waals surface area contributed by atoms with Crippen LogP contribution < -0.4 is 5.32 Å². The van der Waals surface area contributed by atoms with E-state index in [1.54, 1.807) is 28.8 Å². The van der Waals surface area contributed by atoms with Gasteiger partial charge < -0.3 is 20.1 Å². The molecular weight excluding hydrogens is 330 g/mol. The molecule has 1 aliphatic rings. The Morgan fingerprint density at radius 2 is 2.04 bits per heavy atom. The van der Waals surface area contributed by atoms with Gasteiger partial charge in [-0.05, 0) is 38.5 Å². The molecule has 132 valence electrons. The van der Waals surface area contributed by atoms with Gasteiger partial charge >= 0.3 is 6.09 Å². The molecule has 2 heterocycles. The van der Waals surface area contributed by atoms with E-state index in [0.717, 1.165) is 5.75 Å². The summed E-state index contributed by atoms with van der Waals surface area (Å²) in [5.41, 5.74) is -0.0331. The quantitative estimate of drug-likeness (QED) is 0.853. The number of aliphatic hydroxyl groups excluding tert-OH is 1. The Kier molecular flexibility index (Phi) is 6.06. The number of pyridine rings is 1. The molecule has 24 heavy (non-hydrogen) atoms. The van der Waals surface area contributed by atoms with Crippen LogP contribution in [0.3, 0.4) is 0 Å². The summed E-state index contributed by atoms with van der Waals surface area (Å²) < 4.78 is 5.30. The first-order valence-electron chi connectivity index (χ1n) is 7.71. The Morgan fingerprint density at radius 3 is 2.58 bits per heavy atom. The molecule has 7 nitrogen and oxygen atoms in total. The zero-order chi connectivity index (χ0) is 17.7. The predicted octanol–water partition coefficient (Wildman–Crippen LogP) is 1.54. The Hall–Kier alpha value is -1.80. The molecule has 1 aliphatic heterocycles. The lowest BCUT2D eigenvalue weighted by molar-refractivity contribution is -0.145. The van der Waals surface area contributed by atoms with Crippen LogP contribution >= 0.6 is 11.8 Å². The highest BCUT2D eigenvalue weighted by atomic mass is 32.2. The molecule has 2 N–H and O–H groups in total. The Morgan fingerprint density at radius 1 is 1.38 bits per heavy atom. The number of nitrogens with zero attached hydrogens (tertiary/aromatic N) is 2. The van der Waals surface area contributed by atoms with Crippen molar-refractivity contribution >= 4 is 23.8 Å². The van der Waals surface area contributed by atoms with Crippen LogP contribution in [0.25, 0.3) is 0 Å². The number of aliphatic hydroxyl groups is 1. The van der Waals surface area contributed by atoms with Crippen LogP contribution in [0.2, 0.25) is 0 Å². The molecule has 2 rings (SSSR count). The number of hydrogen-bond donors (Lipinski definition) is 2. The summed E-state index contributed by atoms with van der Waals surface area (Å²) in [7, 11) is 0. The summed E-state index contributed by atoms with van der Waals surface area (Å²) in [5, 5.41) is 13.2. The molecule has 0 aliphatic carbocycles. The summed E-state index contributed by atoms with van der Waals surface area (Å²) in [6.07, 6.45) is -0.256. The van der Waals surface area contributed by atoms with Gasteiger partial charge in [-0.3, -0.25) is 9.78 Å². The lowest BCUT2D eigenvalue weighted by Crippen LogP contribution is -2.48. The smallest absolute Gasteiger partial charge is 0.408 e. The van der Waals surface area contributed by atoms with Gasteiger partial charge in [-0.2, -0.15) is 0 Å². The van der Waals surface area contributed by atoms with E-state index in [1.807, 2.05) is 20.8 Å². The van der Waals surface area contributed by atoms with Gasteiger partial charge in [-0.1, -0.05) is 0 Å². The van der Waals surface area contributed by atoms with E-state index in [4.69, 9.17) is 4.74 Å². The Labute approximate surface area is 145 Å². The second kappa shape index (κ2) is 7.85. The van der Waals surface area contributed by atoms with Gasteiger partial charge in [0.1, 0.15) is 6.10 Å². The molecule has 1 saturated heterocycles. The Bertz CT molecular complexity index is 570. The number of ether oxygens (including phenoxy) is 1. The van der Waals surface area contributed by atoms with Crippen LogP contribution in [0, 0.1) is 0 Å². The molecule has 0 radical (unpaired) electrons. The third-order valence-corrected chi connectivity index (χ3v) is 4.32. The molecule has 2 atom stereocenters.